The molecule has 0 saturated heterocycles. The van der Waals surface area contributed by atoms with Gasteiger partial charge in [0.25, 0.3) is 0 Å². The normalized spacial score (nSPS) is 11.5. The number of halogens is 2. The molecule has 0 fully saturated rings. The molecule has 0 amide bonds. The van der Waals surface area contributed by atoms with Crippen molar-refractivity contribution < 1.29 is 14.3 Å². The summed E-state index contributed by atoms with van der Waals surface area (Å²) >= 11 is 9.45. The molecule has 0 aliphatic carbocycles. The number of carbonyl (C=O) groups is 1. The molecule has 1 rings (SSSR count). The first-order valence-electron chi connectivity index (χ1n) is 5.66. The van der Waals surface area contributed by atoms with Gasteiger partial charge in [-0.2, -0.15) is 0 Å². The van der Waals surface area contributed by atoms with E-state index in [-0.39, 0.29) is 30.3 Å². The van der Waals surface area contributed by atoms with E-state index in [4.69, 9.17) is 21.1 Å². The van der Waals surface area contributed by atoms with Crippen LogP contribution in [-0.2, 0) is 0 Å². The van der Waals surface area contributed by atoms with Gasteiger partial charge in [-0.05, 0) is 28.4 Å². The van der Waals surface area contributed by atoms with Crippen molar-refractivity contribution in [1.82, 2.24) is 0 Å². The Labute approximate surface area is 147 Å². The van der Waals surface area contributed by atoms with Crippen LogP contribution in [0.15, 0.2) is 10.5 Å². The van der Waals surface area contributed by atoms with Crippen LogP contribution in [-0.4, -0.2) is 44.5 Å². The summed E-state index contributed by atoms with van der Waals surface area (Å²) < 4.78 is 11.2. The molecule has 0 aliphatic heterocycles. The Morgan fingerprint density at radius 2 is 2.00 bits per heavy atom. The van der Waals surface area contributed by atoms with Gasteiger partial charge in [-0.25, -0.2) is 0 Å². The molecular formula is C13H17BrClLiO3P. The number of hydrogen-bond donors (Lipinski definition) is 0. The first kappa shape index (κ1) is 20.3. The minimum absolute atomic E-state index is 0. The van der Waals surface area contributed by atoms with Crippen LogP contribution in [0.1, 0.15) is 23.2 Å². The van der Waals surface area contributed by atoms with Crippen LogP contribution in [0.5, 0.6) is 11.5 Å². The summed E-state index contributed by atoms with van der Waals surface area (Å²) in [6.07, 6.45) is 1.34. The van der Waals surface area contributed by atoms with Gasteiger partial charge in [0, 0.05) is 5.66 Å². The molecule has 1 aromatic rings. The Bertz CT molecular complexity index is 457. The van der Waals surface area contributed by atoms with Crippen LogP contribution < -0.4 is 9.47 Å². The molecule has 3 nitrogen and oxygen atoms in total. The molecular weight excluding hydrogens is 357 g/mol. The third-order valence-corrected chi connectivity index (χ3v) is 4.15. The molecule has 7 heteroatoms. The molecule has 2 unspecified atom stereocenters. The van der Waals surface area contributed by atoms with Gasteiger partial charge in [-0.15, -0.1) is 9.24 Å². The Hall–Kier alpha value is 0.287. The monoisotopic (exact) mass is 373 g/mol. The molecule has 1 radical (unpaired) electrons. The summed E-state index contributed by atoms with van der Waals surface area (Å²) in [4.78, 5) is 12.5. The van der Waals surface area contributed by atoms with E-state index >= 15 is 0 Å². The Balaban J connectivity index is 0.00000361. The molecule has 0 saturated carbocycles. The van der Waals surface area contributed by atoms with Gasteiger partial charge < -0.3 is 9.47 Å². The van der Waals surface area contributed by atoms with Crippen molar-refractivity contribution in [3.63, 3.8) is 0 Å². The number of benzene rings is 1. The van der Waals surface area contributed by atoms with Crippen LogP contribution in [0, 0.1) is 6.92 Å². The minimum atomic E-state index is -0.245. The molecule has 0 bridgehead atoms. The molecule has 107 valence electrons. The van der Waals surface area contributed by atoms with Crippen molar-refractivity contribution in [2.24, 2.45) is 0 Å². The molecule has 2 atom stereocenters. The third-order valence-electron chi connectivity index (χ3n) is 2.65. The zero-order valence-electron chi connectivity index (χ0n) is 10.8. The van der Waals surface area contributed by atoms with Gasteiger partial charge in [-0.3, -0.25) is 4.79 Å². The summed E-state index contributed by atoms with van der Waals surface area (Å²) in [5.74, 6) is 0.677. The van der Waals surface area contributed by atoms with Crippen LogP contribution >= 0.6 is 36.8 Å². The predicted molar refractivity (Wildman–Crippen MR) is 91.8 cm³/mol. The van der Waals surface area contributed by atoms with E-state index in [1.54, 1.807) is 6.07 Å². The van der Waals surface area contributed by atoms with Crippen molar-refractivity contribution in [3.8, 4) is 11.5 Å². The quantitative estimate of drug-likeness (QED) is 0.434. The number of ether oxygens (including phenoxy) is 2. The Morgan fingerprint density at radius 3 is 2.45 bits per heavy atom. The summed E-state index contributed by atoms with van der Waals surface area (Å²) in [6, 6.07) is 1.65. The zero-order valence-corrected chi connectivity index (χ0v) is 14.3. The first-order chi connectivity index (χ1) is 8.97. The molecule has 20 heavy (non-hydrogen) atoms. The van der Waals surface area contributed by atoms with Gasteiger partial charge >= 0.3 is 18.9 Å². The Kier molecular flexibility index (Phi) is 9.47. The fourth-order valence-corrected chi connectivity index (χ4v) is 3.15. The van der Waals surface area contributed by atoms with Crippen LogP contribution in [0.2, 0.25) is 5.02 Å². The summed E-state index contributed by atoms with van der Waals surface area (Å²) in [6.45, 7) is 3.76. The maximum atomic E-state index is 12.5. The number of Topliss-reactive ketones (excluding diaryl/α,β-unsaturated/α-hetero) is 1. The second-order valence-corrected chi connectivity index (χ2v) is 5.96. The molecule has 0 N–H and O–H groups in total. The van der Waals surface area contributed by atoms with Crippen LogP contribution in [0.25, 0.3) is 0 Å². The van der Waals surface area contributed by atoms with Gasteiger partial charge in [0.2, 0.25) is 0 Å². The van der Waals surface area contributed by atoms with Crippen molar-refractivity contribution in [1.29, 1.82) is 0 Å². The van der Waals surface area contributed by atoms with Gasteiger partial charge in [0.05, 0.1) is 23.7 Å². The number of hydrogen-bond acceptors (Lipinski definition) is 3. The first-order valence-corrected chi connectivity index (χ1v) is 7.50. The zero-order chi connectivity index (χ0) is 14.6. The molecule has 0 aliphatic rings. The number of methoxy groups -OCH3 is 2. The summed E-state index contributed by atoms with van der Waals surface area (Å²) in [7, 11) is 5.51. The third kappa shape index (κ3) is 4.39. The van der Waals surface area contributed by atoms with Crippen LogP contribution in [0.3, 0.4) is 0 Å². The molecule has 1 aromatic carbocycles. The maximum absolute atomic E-state index is 12.5. The summed E-state index contributed by atoms with van der Waals surface area (Å²) in [5.41, 5.74) is 0.114. The predicted octanol–water partition coefficient (Wildman–Crippen LogP) is 3.51. The van der Waals surface area contributed by atoms with Crippen molar-refractivity contribution >= 4 is 61.4 Å². The van der Waals surface area contributed by atoms with E-state index in [1.807, 2.05) is 0 Å². The molecule has 0 spiro atoms. The van der Waals surface area contributed by atoms with Gasteiger partial charge in [-0.1, -0.05) is 24.9 Å². The standard InChI is InChI=1S/C13H16BrClO3P.Li.H/c1-4-5-9(19)11(16)10-12(17-2)7(14)6-8(15)13(10)18-3;;/h6,9H,1,4-5,19H2,2-3H3;;. The molecule has 0 heterocycles. The fourth-order valence-electron chi connectivity index (χ4n) is 1.74. The van der Waals surface area contributed by atoms with Crippen molar-refractivity contribution in [2.75, 3.05) is 14.2 Å². The van der Waals surface area contributed by atoms with E-state index in [0.717, 1.165) is 0 Å². The van der Waals surface area contributed by atoms with Crippen molar-refractivity contribution in [3.05, 3.63) is 28.0 Å². The second kappa shape index (κ2) is 9.33. The molecule has 0 aromatic heterocycles. The van der Waals surface area contributed by atoms with E-state index < -0.39 is 0 Å². The number of carbonyl (C=O) groups excluding carboxylic acids is 1. The average Bonchev–Trinajstić information content (AvgIpc) is 2.37. The summed E-state index contributed by atoms with van der Waals surface area (Å²) in [5, 5.41) is 0.366. The van der Waals surface area contributed by atoms with E-state index in [9.17, 15) is 4.79 Å². The van der Waals surface area contributed by atoms with Crippen LogP contribution in [0.4, 0.5) is 0 Å². The SMILES string of the molecule is [CH2]CCC(P)C(=O)c1c(OC)c(Cl)cc(Br)c1OC.[LiH]. The van der Waals surface area contributed by atoms with Gasteiger partial charge in [0.15, 0.2) is 11.5 Å². The fraction of sp³-hybridized carbons (Fsp3) is 0.385. The number of rotatable bonds is 6. The second-order valence-electron chi connectivity index (χ2n) is 3.89. The Morgan fingerprint density at radius 1 is 1.45 bits per heavy atom. The average molecular weight is 375 g/mol. The van der Waals surface area contributed by atoms with E-state index in [0.29, 0.717) is 39.4 Å². The van der Waals surface area contributed by atoms with E-state index in [1.165, 1.54) is 14.2 Å². The van der Waals surface area contributed by atoms with Gasteiger partial charge in [0.1, 0.15) is 11.3 Å². The topological polar surface area (TPSA) is 35.5 Å². The van der Waals surface area contributed by atoms with Crippen molar-refractivity contribution in [2.45, 2.75) is 18.5 Å². The van der Waals surface area contributed by atoms with E-state index in [2.05, 4.69) is 32.1 Å². The number of ketones is 1.